The molecule has 3 N–H and O–H groups in total. The molecule has 2 atom stereocenters. The Labute approximate surface area is 154 Å². The van der Waals surface area contributed by atoms with Crippen molar-refractivity contribution in [1.29, 1.82) is 0 Å². The smallest absolute Gasteiger partial charge is 0.382 e. The van der Waals surface area contributed by atoms with Crippen LogP contribution in [0.3, 0.4) is 0 Å². The van der Waals surface area contributed by atoms with Gasteiger partial charge in [0.05, 0.1) is 19.0 Å². The molecule has 27 heavy (non-hydrogen) atoms. The summed E-state index contributed by atoms with van der Waals surface area (Å²) in [6, 6.07) is 8.26. The second-order valence-electron chi connectivity index (χ2n) is 5.49. The van der Waals surface area contributed by atoms with Crippen LogP contribution in [-0.4, -0.2) is 37.3 Å². The van der Waals surface area contributed by atoms with E-state index >= 15 is 0 Å². The summed E-state index contributed by atoms with van der Waals surface area (Å²) in [5.41, 5.74) is 6.79. The van der Waals surface area contributed by atoms with Crippen LogP contribution in [0.15, 0.2) is 43.0 Å². The van der Waals surface area contributed by atoms with E-state index in [9.17, 15) is 9.46 Å². The van der Waals surface area contributed by atoms with E-state index in [-0.39, 0.29) is 17.7 Å². The molecule has 0 bridgehead atoms. The molecule has 0 saturated carbocycles. The molecule has 12 heteroatoms. The van der Waals surface area contributed by atoms with E-state index in [1.807, 2.05) is 0 Å². The number of aromatic nitrogens is 4. The quantitative estimate of drug-likeness (QED) is 0.238. The summed E-state index contributed by atoms with van der Waals surface area (Å²) in [7, 11) is -4.43. The first kappa shape index (κ1) is 19.2. The van der Waals surface area contributed by atoms with Gasteiger partial charge in [-0.3, -0.25) is 4.52 Å². The predicted octanol–water partition coefficient (Wildman–Crippen LogP) is 1.90. The number of hydrogen-bond acceptors (Lipinski definition) is 9. The van der Waals surface area contributed by atoms with Crippen molar-refractivity contribution in [3.63, 3.8) is 0 Å². The van der Waals surface area contributed by atoms with Crippen molar-refractivity contribution in [3.8, 4) is 5.75 Å². The number of rotatable bonds is 9. The van der Waals surface area contributed by atoms with Crippen molar-refractivity contribution >= 4 is 24.8 Å². The van der Waals surface area contributed by atoms with Crippen LogP contribution in [0.2, 0.25) is 0 Å². The Hall–Kier alpha value is -2.56. The highest BCUT2D eigenvalue weighted by Crippen LogP contribution is 2.43. The van der Waals surface area contributed by atoms with E-state index in [1.54, 1.807) is 48.1 Å². The number of anilines is 1. The number of nitrogens with two attached hydrogens (primary N) is 1. The second-order valence-corrected chi connectivity index (χ2v) is 6.84. The standard InChI is InChI=1S/C15H18N5O6P/c1-11(7-20-9-19-13-14(16)17-8-18-15(13)20)23-10-24-27(21,22)26-25-12-5-3-2-4-6-12/h2-6,8-9,11H,7,10H2,1H3,(H,21,22)(H2,16,17,18)/t11-/m1/s1. The first-order chi connectivity index (χ1) is 12.9. The van der Waals surface area contributed by atoms with E-state index in [2.05, 4.69) is 19.6 Å². The molecule has 2 heterocycles. The van der Waals surface area contributed by atoms with Gasteiger partial charge in [-0.2, -0.15) is 0 Å². The summed E-state index contributed by atoms with van der Waals surface area (Å²) in [5.74, 6) is 0.547. The lowest BCUT2D eigenvalue weighted by Crippen LogP contribution is -2.18. The summed E-state index contributed by atoms with van der Waals surface area (Å²) < 4.78 is 28.0. The summed E-state index contributed by atoms with van der Waals surface area (Å²) >= 11 is 0. The topological polar surface area (TPSA) is 144 Å². The summed E-state index contributed by atoms with van der Waals surface area (Å²) in [6.45, 7) is 1.65. The monoisotopic (exact) mass is 395 g/mol. The van der Waals surface area contributed by atoms with Gasteiger partial charge < -0.3 is 24.8 Å². The molecular weight excluding hydrogens is 377 g/mol. The molecular formula is C15H18N5O6P. The molecule has 144 valence electrons. The van der Waals surface area contributed by atoms with E-state index < -0.39 is 14.6 Å². The van der Waals surface area contributed by atoms with Gasteiger partial charge in [0, 0.05) is 0 Å². The van der Waals surface area contributed by atoms with Crippen LogP contribution in [0, 0.1) is 0 Å². The number of ether oxygens (including phenoxy) is 1. The first-order valence-corrected chi connectivity index (χ1v) is 9.36. The molecule has 0 aliphatic carbocycles. The van der Waals surface area contributed by atoms with Gasteiger partial charge in [0.25, 0.3) is 0 Å². The third-order valence-corrected chi connectivity index (χ3v) is 4.12. The number of fused-ring (bicyclic) bond motifs is 1. The number of nitrogen functional groups attached to an aromatic ring is 1. The minimum atomic E-state index is -4.43. The fourth-order valence-electron chi connectivity index (χ4n) is 2.16. The predicted molar refractivity (Wildman–Crippen MR) is 94.2 cm³/mol. The maximum atomic E-state index is 11.8. The lowest BCUT2D eigenvalue weighted by molar-refractivity contribution is -0.142. The molecule has 1 aromatic carbocycles. The van der Waals surface area contributed by atoms with Crippen LogP contribution in [0.25, 0.3) is 11.2 Å². The third kappa shape index (κ3) is 5.22. The molecule has 0 amide bonds. The molecule has 1 unspecified atom stereocenters. The Bertz CT molecular complexity index is 937. The summed E-state index contributed by atoms with van der Waals surface area (Å²) in [4.78, 5) is 26.5. The molecule has 0 spiro atoms. The van der Waals surface area contributed by atoms with Crippen LogP contribution in [0.1, 0.15) is 6.92 Å². The van der Waals surface area contributed by atoms with Crippen LogP contribution in [-0.2, 0) is 25.0 Å². The number of phosphoric acid groups is 1. The second kappa shape index (κ2) is 8.42. The van der Waals surface area contributed by atoms with Gasteiger partial charge in [-0.1, -0.05) is 22.9 Å². The van der Waals surface area contributed by atoms with Crippen molar-refractivity contribution in [2.45, 2.75) is 19.6 Å². The lowest BCUT2D eigenvalue weighted by Gasteiger charge is -2.15. The number of nitrogens with zero attached hydrogens (tertiary/aromatic N) is 4. The Morgan fingerprint density at radius 2 is 2.04 bits per heavy atom. The molecule has 0 aliphatic heterocycles. The van der Waals surface area contributed by atoms with Crippen LogP contribution < -0.4 is 10.6 Å². The number of para-hydroxylation sites is 1. The Morgan fingerprint density at radius 3 is 2.81 bits per heavy atom. The maximum absolute atomic E-state index is 11.8. The zero-order chi connectivity index (χ0) is 19.3. The molecule has 2 aromatic heterocycles. The van der Waals surface area contributed by atoms with Gasteiger partial charge >= 0.3 is 7.82 Å². The maximum Gasteiger partial charge on any atom is 0.510 e. The minimum Gasteiger partial charge on any atom is -0.382 e. The third-order valence-electron chi connectivity index (χ3n) is 3.42. The summed E-state index contributed by atoms with van der Waals surface area (Å²) in [6.07, 6.45) is 2.52. The average molecular weight is 395 g/mol. The van der Waals surface area contributed by atoms with Gasteiger partial charge in [0.15, 0.2) is 24.0 Å². The highest BCUT2D eigenvalue weighted by molar-refractivity contribution is 7.47. The molecule has 0 aliphatic rings. The normalized spacial score (nSPS) is 14.7. The van der Waals surface area contributed by atoms with Gasteiger partial charge in [-0.15, -0.1) is 0 Å². The zero-order valence-electron chi connectivity index (χ0n) is 14.3. The molecule has 3 rings (SSSR count). The number of imidazole rings is 1. The largest absolute Gasteiger partial charge is 0.510 e. The Morgan fingerprint density at radius 1 is 1.26 bits per heavy atom. The molecule has 11 nitrogen and oxygen atoms in total. The van der Waals surface area contributed by atoms with Crippen molar-refractivity contribution in [1.82, 2.24) is 19.5 Å². The number of benzene rings is 1. The van der Waals surface area contributed by atoms with Crippen molar-refractivity contribution < 1.29 is 28.3 Å². The van der Waals surface area contributed by atoms with E-state index in [1.165, 1.54) is 6.33 Å². The van der Waals surface area contributed by atoms with Crippen LogP contribution in [0.5, 0.6) is 5.75 Å². The summed E-state index contributed by atoms with van der Waals surface area (Å²) in [5, 5.41) is 0. The van der Waals surface area contributed by atoms with E-state index in [0.717, 1.165) is 0 Å². The van der Waals surface area contributed by atoms with Gasteiger partial charge in [0.1, 0.15) is 11.8 Å². The molecule has 3 aromatic rings. The fourth-order valence-corrected chi connectivity index (χ4v) is 2.58. The SMILES string of the molecule is C[C@H](Cn1cnc2c(N)ncnc21)OCOP(=O)(O)OOc1ccccc1. The average Bonchev–Trinajstić information content (AvgIpc) is 3.05. The van der Waals surface area contributed by atoms with E-state index in [0.29, 0.717) is 17.7 Å². The zero-order valence-corrected chi connectivity index (χ0v) is 15.2. The molecule has 0 fully saturated rings. The Kier molecular flexibility index (Phi) is 5.99. The van der Waals surface area contributed by atoms with Crippen LogP contribution in [0.4, 0.5) is 5.82 Å². The van der Waals surface area contributed by atoms with Gasteiger partial charge in [0.2, 0.25) is 0 Å². The molecule has 0 radical (unpaired) electrons. The fraction of sp³-hybridized carbons (Fsp3) is 0.267. The number of hydrogen-bond donors (Lipinski definition) is 2. The van der Waals surface area contributed by atoms with E-state index in [4.69, 9.17) is 19.9 Å². The van der Waals surface area contributed by atoms with Crippen molar-refractivity contribution in [3.05, 3.63) is 43.0 Å². The highest BCUT2D eigenvalue weighted by atomic mass is 31.2. The Balaban J connectivity index is 1.46. The van der Waals surface area contributed by atoms with Crippen LogP contribution >= 0.6 is 7.82 Å². The molecule has 0 saturated heterocycles. The van der Waals surface area contributed by atoms with Gasteiger partial charge in [-0.25, -0.2) is 19.5 Å². The van der Waals surface area contributed by atoms with Crippen molar-refractivity contribution in [2.24, 2.45) is 0 Å². The minimum absolute atomic E-state index is 0.262. The number of phosphoric ester groups is 1. The highest BCUT2D eigenvalue weighted by Gasteiger charge is 2.24. The van der Waals surface area contributed by atoms with Crippen molar-refractivity contribution in [2.75, 3.05) is 12.5 Å². The first-order valence-electron chi connectivity index (χ1n) is 7.86. The lowest BCUT2D eigenvalue weighted by atomic mass is 10.3. The van der Waals surface area contributed by atoms with Gasteiger partial charge in [-0.05, 0) is 19.1 Å².